The summed E-state index contributed by atoms with van der Waals surface area (Å²) in [5.41, 5.74) is 3.98. The minimum Gasteiger partial charge on any atom is -0.326 e. The molecule has 0 fully saturated rings. The van der Waals surface area contributed by atoms with Crippen LogP contribution in [0.4, 0.5) is 0 Å². The molecule has 1 aromatic heterocycles. The highest BCUT2D eigenvalue weighted by atomic mass is 35.5. The quantitative estimate of drug-likeness (QED) is 0.511. The second-order valence-electron chi connectivity index (χ2n) is 7.57. The normalized spacial score (nSPS) is 14.9. The molecule has 1 aliphatic rings. The molecule has 1 aliphatic heterocycles. The first-order valence-corrected chi connectivity index (χ1v) is 9.49. The van der Waals surface area contributed by atoms with Crippen molar-refractivity contribution in [3.05, 3.63) is 59.1 Å². The number of likely N-dealkylation sites (N-methyl/N-ethyl adjacent to an activating group) is 1. The largest absolute Gasteiger partial charge is 0.326 e. The fraction of sp³-hybridized carbons (Fsp3) is 0.273. The number of nitrogens with zero attached hydrogens (tertiary/aromatic N) is 3. The molecule has 26 heavy (non-hydrogen) atoms. The van der Waals surface area contributed by atoms with Gasteiger partial charge in [0.1, 0.15) is 0 Å². The van der Waals surface area contributed by atoms with E-state index in [-0.39, 0.29) is 0 Å². The van der Waals surface area contributed by atoms with Gasteiger partial charge in [-0.2, -0.15) is 0 Å². The summed E-state index contributed by atoms with van der Waals surface area (Å²) >= 11 is 6.53. The Hall–Kier alpha value is -2.07. The smallest absolute Gasteiger partial charge is 0.0760 e. The van der Waals surface area contributed by atoms with Crippen LogP contribution >= 0.6 is 11.6 Å². The molecule has 2 heterocycles. The molecule has 0 unspecified atom stereocenters. The summed E-state index contributed by atoms with van der Waals surface area (Å²) in [6, 6.07) is 17.4. The predicted octanol–water partition coefficient (Wildman–Crippen LogP) is 4.94. The first kappa shape index (κ1) is 16.1. The van der Waals surface area contributed by atoms with Gasteiger partial charge in [-0.1, -0.05) is 41.9 Å². The number of hydrogen-bond acceptors (Lipinski definition) is 2. The third kappa shape index (κ3) is 2.43. The van der Waals surface area contributed by atoms with Crippen molar-refractivity contribution in [3.63, 3.8) is 0 Å². The zero-order chi connectivity index (χ0) is 17.8. The highest BCUT2D eigenvalue weighted by Crippen LogP contribution is 2.40. The molecule has 0 amide bonds. The van der Waals surface area contributed by atoms with Gasteiger partial charge in [-0.05, 0) is 48.6 Å². The molecule has 0 spiro atoms. The van der Waals surface area contributed by atoms with E-state index in [9.17, 15) is 0 Å². The summed E-state index contributed by atoms with van der Waals surface area (Å²) in [7, 11) is 4.26. The van der Waals surface area contributed by atoms with Crippen LogP contribution in [0.3, 0.4) is 0 Å². The van der Waals surface area contributed by atoms with Crippen molar-refractivity contribution in [2.24, 2.45) is 0 Å². The Morgan fingerprint density at radius 2 is 1.88 bits per heavy atom. The van der Waals surface area contributed by atoms with Crippen molar-refractivity contribution in [2.45, 2.75) is 13.2 Å². The van der Waals surface area contributed by atoms with Crippen LogP contribution in [0.25, 0.3) is 32.6 Å². The van der Waals surface area contributed by atoms with E-state index in [2.05, 4.69) is 77.0 Å². The molecule has 0 N–H and O–H groups in total. The summed E-state index contributed by atoms with van der Waals surface area (Å²) in [4.78, 5) is 4.75. The van der Waals surface area contributed by atoms with E-state index < -0.39 is 0 Å². The Morgan fingerprint density at radius 1 is 1.04 bits per heavy atom. The maximum Gasteiger partial charge on any atom is 0.0760 e. The van der Waals surface area contributed by atoms with Crippen LogP contribution in [0.15, 0.2) is 48.5 Å². The molecule has 0 saturated heterocycles. The standard InChI is InChI=1S/C22H22ClN3/c1-24(2)9-10-25-13-16-11-17(23)12-19-21-18-6-4-3-5-15(18)7-8-20(21)26(14-25)22(16)19/h3-8,11-12H,9-10,13-14H2,1-2H3. The van der Waals surface area contributed by atoms with E-state index in [1.165, 1.54) is 38.1 Å². The Balaban J connectivity index is 1.79. The fourth-order valence-electron chi connectivity index (χ4n) is 4.30. The molecule has 0 saturated carbocycles. The molecule has 0 bridgehead atoms. The molecule has 3 aromatic carbocycles. The second kappa shape index (κ2) is 5.98. The summed E-state index contributed by atoms with van der Waals surface area (Å²) < 4.78 is 2.47. The maximum absolute atomic E-state index is 6.53. The zero-order valence-electron chi connectivity index (χ0n) is 15.2. The summed E-state index contributed by atoms with van der Waals surface area (Å²) in [6.45, 7) is 3.99. The van der Waals surface area contributed by atoms with E-state index >= 15 is 0 Å². The predicted molar refractivity (Wildman–Crippen MR) is 111 cm³/mol. The van der Waals surface area contributed by atoms with Gasteiger partial charge in [0, 0.05) is 35.4 Å². The summed E-state index contributed by atoms with van der Waals surface area (Å²) in [5, 5.41) is 6.03. The topological polar surface area (TPSA) is 11.4 Å². The first-order chi connectivity index (χ1) is 12.6. The maximum atomic E-state index is 6.53. The van der Waals surface area contributed by atoms with Crippen LogP contribution in [0.5, 0.6) is 0 Å². The number of rotatable bonds is 3. The van der Waals surface area contributed by atoms with Gasteiger partial charge in [-0.15, -0.1) is 0 Å². The lowest BCUT2D eigenvalue weighted by molar-refractivity contribution is 0.186. The van der Waals surface area contributed by atoms with Gasteiger partial charge in [0.2, 0.25) is 0 Å². The van der Waals surface area contributed by atoms with Gasteiger partial charge in [0.15, 0.2) is 0 Å². The van der Waals surface area contributed by atoms with Crippen LogP contribution in [-0.2, 0) is 13.2 Å². The highest BCUT2D eigenvalue weighted by molar-refractivity contribution is 6.32. The zero-order valence-corrected chi connectivity index (χ0v) is 15.9. The van der Waals surface area contributed by atoms with Gasteiger partial charge in [0.25, 0.3) is 0 Å². The van der Waals surface area contributed by atoms with Crippen molar-refractivity contribution in [2.75, 3.05) is 27.2 Å². The third-order valence-electron chi connectivity index (χ3n) is 5.49. The number of halogens is 1. The van der Waals surface area contributed by atoms with Crippen LogP contribution in [-0.4, -0.2) is 41.6 Å². The lowest BCUT2D eigenvalue weighted by atomic mass is 10.0. The molecule has 0 radical (unpaired) electrons. The summed E-state index contributed by atoms with van der Waals surface area (Å²) in [6.07, 6.45) is 0. The van der Waals surface area contributed by atoms with Gasteiger partial charge in [0.05, 0.1) is 17.7 Å². The SMILES string of the molecule is CN(C)CCN1Cc2cc(Cl)cc3c4c5ccccc5ccc4n(c23)C1. The number of aromatic nitrogens is 1. The Kier molecular flexibility index (Phi) is 3.71. The average molecular weight is 364 g/mol. The molecule has 3 nitrogen and oxygen atoms in total. The van der Waals surface area contributed by atoms with Crippen LogP contribution in [0, 0.1) is 0 Å². The lowest BCUT2D eigenvalue weighted by Crippen LogP contribution is -2.35. The monoisotopic (exact) mass is 363 g/mol. The van der Waals surface area contributed by atoms with Crippen molar-refractivity contribution >= 4 is 44.2 Å². The molecule has 0 atom stereocenters. The van der Waals surface area contributed by atoms with Crippen LogP contribution in [0.2, 0.25) is 5.02 Å². The van der Waals surface area contributed by atoms with Gasteiger partial charge >= 0.3 is 0 Å². The average Bonchev–Trinajstić information content (AvgIpc) is 2.95. The molecule has 4 aromatic rings. The van der Waals surface area contributed by atoms with E-state index in [1.807, 2.05) is 0 Å². The molecule has 132 valence electrons. The molecular formula is C22H22ClN3. The molecule has 0 aliphatic carbocycles. The Morgan fingerprint density at radius 3 is 2.73 bits per heavy atom. The lowest BCUT2D eigenvalue weighted by Gasteiger charge is -2.30. The first-order valence-electron chi connectivity index (χ1n) is 9.11. The van der Waals surface area contributed by atoms with Gasteiger partial charge in [-0.3, -0.25) is 4.90 Å². The molecular weight excluding hydrogens is 342 g/mol. The van der Waals surface area contributed by atoms with E-state index in [0.29, 0.717) is 0 Å². The van der Waals surface area contributed by atoms with Crippen LogP contribution < -0.4 is 0 Å². The Labute approximate surface area is 158 Å². The van der Waals surface area contributed by atoms with Crippen molar-refractivity contribution in [1.29, 1.82) is 0 Å². The Bertz CT molecular complexity index is 1140. The third-order valence-corrected chi connectivity index (χ3v) is 5.71. The summed E-state index contributed by atoms with van der Waals surface area (Å²) in [5.74, 6) is 0. The van der Waals surface area contributed by atoms with Gasteiger partial charge in [-0.25, -0.2) is 0 Å². The number of hydrogen-bond donors (Lipinski definition) is 0. The van der Waals surface area contributed by atoms with E-state index in [1.54, 1.807) is 0 Å². The van der Waals surface area contributed by atoms with Crippen LogP contribution in [0.1, 0.15) is 5.56 Å². The highest BCUT2D eigenvalue weighted by Gasteiger charge is 2.23. The number of fused-ring (bicyclic) bond motifs is 5. The van der Waals surface area contributed by atoms with Gasteiger partial charge < -0.3 is 9.47 Å². The fourth-order valence-corrected chi connectivity index (χ4v) is 4.54. The number of benzene rings is 3. The van der Waals surface area contributed by atoms with E-state index in [4.69, 9.17) is 11.6 Å². The van der Waals surface area contributed by atoms with E-state index in [0.717, 1.165) is 31.3 Å². The molecule has 5 rings (SSSR count). The minimum atomic E-state index is 0.828. The van der Waals surface area contributed by atoms with Crippen molar-refractivity contribution in [3.8, 4) is 0 Å². The second-order valence-corrected chi connectivity index (χ2v) is 8.00. The minimum absolute atomic E-state index is 0.828. The molecule has 4 heteroatoms. The van der Waals surface area contributed by atoms with Crippen molar-refractivity contribution < 1.29 is 0 Å². The van der Waals surface area contributed by atoms with Crippen molar-refractivity contribution in [1.82, 2.24) is 14.4 Å².